The Labute approximate surface area is 220 Å². The van der Waals surface area contributed by atoms with Crippen molar-refractivity contribution < 1.29 is 14.6 Å². The summed E-state index contributed by atoms with van der Waals surface area (Å²) < 4.78 is 9.76. The van der Waals surface area contributed by atoms with Gasteiger partial charge < -0.3 is 19.3 Å². The summed E-state index contributed by atoms with van der Waals surface area (Å²) in [6.45, 7) is 5.16. The van der Waals surface area contributed by atoms with Gasteiger partial charge in [-0.3, -0.25) is 9.48 Å². The quantitative estimate of drug-likeness (QED) is 0.395. The van der Waals surface area contributed by atoms with Gasteiger partial charge >= 0.3 is 0 Å². The van der Waals surface area contributed by atoms with Gasteiger partial charge in [0.05, 0.1) is 30.1 Å². The topological polar surface area (TPSA) is 72.5 Å². The summed E-state index contributed by atoms with van der Waals surface area (Å²) in [4.78, 5) is 17.1. The predicted octanol–water partition coefficient (Wildman–Crippen LogP) is 5.22. The number of carbonyl (C=O) groups is 1. The molecule has 4 aromatic rings. The molecule has 37 heavy (non-hydrogen) atoms. The maximum absolute atomic E-state index is 14.1. The minimum absolute atomic E-state index is 0.00753. The number of methoxy groups -OCH3 is 1. The lowest BCUT2D eigenvalue weighted by Gasteiger charge is -2.38. The number of nitrogens with zero attached hydrogens (tertiary/aromatic N) is 4. The summed E-state index contributed by atoms with van der Waals surface area (Å²) in [5.74, 6) is 0.795. The highest BCUT2D eigenvalue weighted by Crippen LogP contribution is 2.46. The summed E-state index contributed by atoms with van der Waals surface area (Å²) in [6.07, 6.45) is 3.83. The molecule has 2 aliphatic heterocycles. The second-order valence-electron chi connectivity index (χ2n) is 10.3. The van der Waals surface area contributed by atoms with E-state index in [0.29, 0.717) is 18.8 Å². The van der Waals surface area contributed by atoms with Crippen LogP contribution in [0.2, 0.25) is 0 Å². The first-order valence-corrected chi connectivity index (χ1v) is 13.7. The minimum Gasteiger partial charge on any atom is -0.496 e. The zero-order valence-corrected chi connectivity index (χ0v) is 22.5. The van der Waals surface area contributed by atoms with Crippen LogP contribution in [0.3, 0.4) is 0 Å². The molecular weight excluding hydrogens is 484 g/mol. The van der Waals surface area contributed by atoms with E-state index in [1.54, 1.807) is 30.1 Å². The van der Waals surface area contributed by atoms with Crippen molar-refractivity contribution in [1.82, 2.24) is 19.2 Å². The molecule has 0 saturated carbocycles. The Bertz CT molecular complexity index is 1480. The van der Waals surface area contributed by atoms with Crippen LogP contribution in [0.25, 0.3) is 33.0 Å². The number of thiophene rings is 1. The molecule has 1 N–H and O–H groups in total. The van der Waals surface area contributed by atoms with Crippen molar-refractivity contribution in [2.24, 2.45) is 7.05 Å². The van der Waals surface area contributed by atoms with E-state index in [2.05, 4.69) is 39.3 Å². The van der Waals surface area contributed by atoms with Gasteiger partial charge in [0.15, 0.2) is 0 Å². The van der Waals surface area contributed by atoms with E-state index in [9.17, 15) is 9.90 Å². The molecule has 1 saturated heterocycles. The van der Waals surface area contributed by atoms with E-state index >= 15 is 0 Å². The molecule has 1 amide bonds. The summed E-state index contributed by atoms with van der Waals surface area (Å²) in [5.41, 5.74) is 6.35. The lowest BCUT2D eigenvalue weighted by atomic mass is 9.92. The first-order chi connectivity index (χ1) is 17.8. The van der Waals surface area contributed by atoms with Gasteiger partial charge in [-0.1, -0.05) is 6.07 Å². The van der Waals surface area contributed by atoms with Crippen molar-refractivity contribution in [3.8, 4) is 38.7 Å². The number of fused-ring (bicyclic) bond motifs is 3. The summed E-state index contributed by atoms with van der Waals surface area (Å²) in [5, 5.41) is 17.3. The fourth-order valence-electron chi connectivity index (χ4n) is 5.97. The number of amides is 1. The van der Waals surface area contributed by atoms with Crippen molar-refractivity contribution in [1.29, 1.82) is 0 Å². The Morgan fingerprint density at radius 3 is 2.70 bits per heavy atom. The lowest BCUT2D eigenvalue weighted by Crippen LogP contribution is -2.52. The fourth-order valence-corrected chi connectivity index (χ4v) is 6.71. The third-order valence-electron chi connectivity index (χ3n) is 8.20. The Morgan fingerprint density at radius 2 is 2.03 bits per heavy atom. The van der Waals surface area contributed by atoms with E-state index in [4.69, 9.17) is 4.74 Å². The summed E-state index contributed by atoms with van der Waals surface area (Å²) >= 11 is 1.68. The Morgan fingerprint density at radius 1 is 1.19 bits per heavy atom. The van der Waals surface area contributed by atoms with Crippen molar-refractivity contribution in [2.45, 2.75) is 51.3 Å². The van der Waals surface area contributed by atoms with Gasteiger partial charge in [-0.25, -0.2) is 0 Å². The van der Waals surface area contributed by atoms with Gasteiger partial charge in [0.2, 0.25) is 0 Å². The van der Waals surface area contributed by atoms with Crippen molar-refractivity contribution >= 4 is 17.2 Å². The standard InChI is InChI=1S/C29H32N4O3S/c1-18(34)29(2)10-6-11-33(29)28(35)24-17-22(26-7-5-14-37-26)27-20-16-21(23-9-12-31(3)30-23)25(36-4)15-19(20)8-13-32(24)27/h5,7,9,12,14-18,34H,6,8,10-11,13H2,1-4H3/t18-,29-/m1/s1. The number of hydrogen-bond donors (Lipinski definition) is 1. The average Bonchev–Trinajstić information content (AvgIpc) is 3.68. The third-order valence-corrected chi connectivity index (χ3v) is 9.11. The number of likely N-dealkylation sites (tertiary alicyclic amines) is 1. The second-order valence-corrected chi connectivity index (χ2v) is 11.3. The lowest BCUT2D eigenvalue weighted by molar-refractivity contribution is 0.0145. The first-order valence-electron chi connectivity index (χ1n) is 12.8. The highest BCUT2D eigenvalue weighted by molar-refractivity contribution is 7.13. The number of benzene rings is 1. The van der Waals surface area contributed by atoms with Crippen LogP contribution in [0.1, 0.15) is 42.7 Å². The molecule has 2 aliphatic rings. The third kappa shape index (κ3) is 3.73. The van der Waals surface area contributed by atoms with Crippen LogP contribution >= 0.6 is 11.3 Å². The molecule has 0 spiro atoms. The molecule has 2 atom stereocenters. The number of aliphatic hydroxyl groups is 1. The number of aryl methyl sites for hydroxylation is 2. The van der Waals surface area contributed by atoms with E-state index in [0.717, 1.165) is 58.0 Å². The van der Waals surface area contributed by atoms with E-state index < -0.39 is 11.6 Å². The molecule has 6 rings (SSSR count). The molecule has 0 radical (unpaired) electrons. The highest BCUT2D eigenvalue weighted by atomic mass is 32.1. The number of hydrogen-bond acceptors (Lipinski definition) is 5. The fraction of sp³-hybridized carbons (Fsp3) is 0.379. The first kappa shape index (κ1) is 24.0. The molecule has 1 fully saturated rings. The van der Waals surface area contributed by atoms with Crippen LogP contribution < -0.4 is 4.74 Å². The van der Waals surface area contributed by atoms with Crippen LogP contribution in [-0.2, 0) is 20.0 Å². The largest absolute Gasteiger partial charge is 0.496 e. The normalized spacial score (nSPS) is 19.5. The number of rotatable bonds is 5. The van der Waals surface area contributed by atoms with Crippen molar-refractivity contribution in [3.05, 3.63) is 59.2 Å². The van der Waals surface area contributed by atoms with Crippen LogP contribution in [0, 0.1) is 0 Å². The van der Waals surface area contributed by atoms with Gasteiger partial charge in [0, 0.05) is 47.9 Å². The number of ether oxygens (including phenoxy) is 1. The van der Waals surface area contributed by atoms with Crippen LogP contribution in [-0.4, -0.2) is 55.6 Å². The molecule has 0 bridgehead atoms. The van der Waals surface area contributed by atoms with Gasteiger partial charge in [-0.05, 0) is 74.4 Å². The molecule has 0 unspecified atom stereocenters. The number of aromatic nitrogens is 3. The number of carbonyl (C=O) groups excluding carboxylic acids is 1. The zero-order valence-electron chi connectivity index (χ0n) is 21.7. The molecule has 5 heterocycles. The Balaban J connectivity index is 1.55. The maximum Gasteiger partial charge on any atom is 0.271 e. The molecule has 7 nitrogen and oxygen atoms in total. The summed E-state index contributed by atoms with van der Waals surface area (Å²) in [7, 11) is 3.61. The van der Waals surface area contributed by atoms with Gasteiger partial charge in [0.1, 0.15) is 11.4 Å². The average molecular weight is 517 g/mol. The molecule has 1 aromatic carbocycles. The highest BCUT2D eigenvalue weighted by Gasteiger charge is 2.44. The van der Waals surface area contributed by atoms with Crippen LogP contribution in [0.15, 0.2) is 48.0 Å². The van der Waals surface area contributed by atoms with Crippen molar-refractivity contribution in [3.63, 3.8) is 0 Å². The maximum atomic E-state index is 14.1. The van der Waals surface area contributed by atoms with Gasteiger partial charge in [-0.2, -0.15) is 5.10 Å². The molecular formula is C29H32N4O3S. The van der Waals surface area contributed by atoms with E-state index in [1.807, 2.05) is 37.2 Å². The van der Waals surface area contributed by atoms with Crippen LogP contribution in [0.5, 0.6) is 5.75 Å². The van der Waals surface area contributed by atoms with Crippen molar-refractivity contribution in [2.75, 3.05) is 13.7 Å². The van der Waals surface area contributed by atoms with E-state index in [1.165, 1.54) is 5.56 Å². The van der Waals surface area contributed by atoms with E-state index in [-0.39, 0.29) is 5.91 Å². The monoisotopic (exact) mass is 516 g/mol. The van der Waals surface area contributed by atoms with Gasteiger partial charge in [-0.15, -0.1) is 11.3 Å². The zero-order chi connectivity index (χ0) is 25.9. The smallest absolute Gasteiger partial charge is 0.271 e. The summed E-state index contributed by atoms with van der Waals surface area (Å²) in [6, 6.07) is 12.5. The minimum atomic E-state index is -0.597. The second kappa shape index (κ2) is 8.89. The van der Waals surface area contributed by atoms with Crippen LogP contribution in [0.4, 0.5) is 0 Å². The predicted molar refractivity (Wildman–Crippen MR) is 146 cm³/mol. The molecule has 0 aliphatic carbocycles. The molecule has 192 valence electrons. The SMILES string of the molecule is COc1cc2c(cc1-c1ccn(C)n1)-c1c(-c3cccs3)cc(C(=O)N3CCC[C@]3(C)[C@@H](C)O)n1CC2. The molecule has 8 heteroatoms. The Hall–Kier alpha value is -3.36. The van der Waals surface area contributed by atoms with Gasteiger partial charge in [0.25, 0.3) is 5.91 Å². The number of aliphatic hydroxyl groups excluding tert-OH is 1. The Kier molecular flexibility index (Phi) is 5.76. The molecule has 3 aromatic heterocycles.